The van der Waals surface area contributed by atoms with E-state index in [2.05, 4.69) is 10.6 Å². The minimum absolute atomic E-state index is 0.174. The predicted octanol–water partition coefficient (Wildman–Crippen LogP) is 3.67. The summed E-state index contributed by atoms with van der Waals surface area (Å²) < 4.78 is 15.0. The summed E-state index contributed by atoms with van der Waals surface area (Å²) >= 11 is 1.21. The van der Waals surface area contributed by atoms with Gasteiger partial charge in [0.15, 0.2) is 5.75 Å². The van der Waals surface area contributed by atoms with Gasteiger partial charge in [-0.05, 0) is 36.9 Å². The van der Waals surface area contributed by atoms with Crippen LogP contribution in [0.15, 0.2) is 23.6 Å². The molecule has 0 radical (unpaired) electrons. The van der Waals surface area contributed by atoms with Gasteiger partial charge in [-0.15, -0.1) is 11.3 Å². The molecule has 0 aliphatic heterocycles. The number of para-hydroxylation sites is 1. The van der Waals surface area contributed by atoms with Gasteiger partial charge < -0.3 is 19.5 Å². The average Bonchev–Trinajstić information content (AvgIpc) is 3.01. The van der Waals surface area contributed by atoms with E-state index in [0.29, 0.717) is 16.1 Å². The second-order valence-electron chi connectivity index (χ2n) is 5.30. The van der Waals surface area contributed by atoms with Gasteiger partial charge >= 0.3 is 18.0 Å². The first-order valence-electron chi connectivity index (χ1n) is 8.01. The summed E-state index contributed by atoms with van der Waals surface area (Å²) in [6.07, 6.45) is 0. The first-order chi connectivity index (χ1) is 12.9. The molecule has 0 aliphatic rings. The molecule has 0 saturated heterocycles. The molecule has 2 rings (SSSR count). The number of anilines is 2. The Hall–Kier alpha value is -3.07. The number of rotatable bonds is 6. The van der Waals surface area contributed by atoms with E-state index in [1.165, 1.54) is 31.6 Å². The van der Waals surface area contributed by atoms with Crippen molar-refractivity contribution in [2.75, 3.05) is 31.5 Å². The van der Waals surface area contributed by atoms with Crippen LogP contribution in [0.3, 0.4) is 0 Å². The van der Waals surface area contributed by atoms with Crippen LogP contribution in [0.25, 0.3) is 0 Å². The molecule has 0 aliphatic carbocycles. The average molecular weight is 392 g/mol. The summed E-state index contributed by atoms with van der Waals surface area (Å²) in [5.74, 6) is -0.918. The minimum Gasteiger partial charge on any atom is -0.494 e. The Bertz CT molecular complexity index is 862. The molecule has 0 fully saturated rings. The molecule has 0 saturated carbocycles. The van der Waals surface area contributed by atoms with Crippen molar-refractivity contribution in [3.63, 3.8) is 0 Å². The van der Waals surface area contributed by atoms with E-state index >= 15 is 0 Å². The number of hydrogen-bond donors (Lipinski definition) is 2. The molecule has 144 valence electrons. The third-order valence-corrected chi connectivity index (χ3v) is 4.57. The standard InChI is InChI=1S/C18H20N2O6S/c1-5-26-17(22)13-10(2)9-27-15(13)20-18(23)19-12-8-6-7-11(14(12)24-3)16(21)25-4/h6-9H,5H2,1-4H3,(H2,19,20,23). The van der Waals surface area contributed by atoms with Crippen molar-refractivity contribution in [3.8, 4) is 5.75 Å². The molecule has 0 bridgehead atoms. The molecule has 1 aromatic heterocycles. The number of aryl methyl sites for hydroxylation is 1. The van der Waals surface area contributed by atoms with Crippen molar-refractivity contribution < 1.29 is 28.6 Å². The highest BCUT2D eigenvalue weighted by Gasteiger charge is 2.21. The van der Waals surface area contributed by atoms with E-state index < -0.39 is 18.0 Å². The lowest BCUT2D eigenvalue weighted by Gasteiger charge is -2.14. The highest BCUT2D eigenvalue weighted by atomic mass is 32.1. The molecule has 0 spiro atoms. The number of ether oxygens (including phenoxy) is 3. The molecule has 2 aromatic rings. The van der Waals surface area contributed by atoms with E-state index in [0.717, 1.165) is 0 Å². The minimum atomic E-state index is -0.595. The van der Waals surface area contributed by atoms with E-state index in [1.54, 1.807) is 31.4 Å². The SMILES string of the molecule is CCOC(=O)c1c(C)csc1NC(=O)Nc1cccc(C(=O)OC)c1OC. The largest absolute Gasteiger partial charge is 0.494 e. The maximum atomic E-state index is 12.4. The number of esters is 2. The molecule has 9 heteroatoms. The van der Waals surface area contributed by atoms with Crippen molar-refractivity contribution in [1.29, 1.82) is 0 Å². The van der Waals surface area contributed by atoms with Crippen molar-refractivity contribution in [1.82, 2.24) is 0 Å². The highest BCUT2D eigenvalue weighted by molar-refractivity contribution is 7.15. The third kappa shape index (κ3) is 4.56. The quantitative estimate of drug-likeness (QED) is 0.727. The fraction of sp³-hybridized carbons (Fsp3) is 0.278. The van der Waals surface area contributed by atoms with Crippen molar-refractivity contribution >= 4 is 40.0 Å². The van der Waals surface area contributed by atoms with Gasteiger partial charge in [-0.1, -0.05) is 6.07 Å². The highest BCUT2D eigenvalue weighted by Crippen LogP contribution is 2.31. The second kappa shape index (κ2) is 9.04. The monoisotopic (exact) mass is 392 g/mol. The van der Waals surface area contributed by atoms with Gasteiger partial charge in [-0.2, -0.15) is 0 Å². The second-order valence-corrected chi connectivity index (χ2v) is 6.18. The van der Waals surface area contributed by atoms with Gasteiger partial charge in [0.1, 0.15) is 10.6 Å². The smallest absolute Gasteiger partial charge is 0.341 e. The number of carbonyl (C=O) groups is 3. The summed E-state index contributed by atoms with van der Waals surface area (Å²) in [7, 11) is 2.64. The molecular formula is C18H20N2O6S. The molecule has 2 amide bonds. The third-order valence-electron chi connectivity index (χ3n) is 3.55. The van der Waals surface area contributed by atoms with Crippen LogP contribution in [0.1, 0.15) is 33.2 Å². The Balaban J connectivity index is 2.23. The van der Waals surface area contributed by atoms with Gasteiger partial charge in [-0.3, -0.25) is 5.32 Å². The zero-order valence-corrected chi connectivity index (χ0v) is 16.2. The molecular weight excluding hydrogens is 372 g/mol. The Morgan fingerprint density at radius 3 is 2.48 bits per heavy atom. The summed E-state index contributed by atoms with van der Waals surface area (Å²) in [5, 5.41) is 7.35. The normalized spacial score (nSPS) is 10.1. The number of carbonyl (C=O) groups excluding carboxylic acids is 3. The lowest BCUT2D eigenvalue weighted by Crippen LogP contribution is -2.21. The number of nitrogens with one attached hydrogen (secondary N) is 2. The lowest BCUT2D eigenvalue weighted by molar-refractivity contribution is 0.0526. The molecule has 8 nitrogen and oxygen atoms in total. The first kappa shape index (κ1) is 20.2. The summed E-state index contributed by atoms with van der Waals surface area (Å²) in [6, 6.07) is 4.10. The summed E-state index contributed by atoms with van der Waals surface area (Å²) in [4.78, 5) is 36.3. The van der Waals surface area contributed by atoms with Gasteiger partial charge in [0.25, 0.3) is 0 Å². The van der Waals surface area contributed by atoms with Crippen LogP contribution in [0.5, 0.6) is 5.75 Å². The fourth-order valence-electron chi connectivity index (χ4n) is 2.38. The molecule has 1 aromatic carbocycles. The fourth-order valence-corrected chi connectivity index (χ4v) is 3.30. The number of urea groups is 1. The molecule has 27 heavy (non-hydrogen) atoms. The lowest BCUT2D eigenvalue weighted by atomic mass is 10.1. The number of thiophene rings is 1. The van der Waals surface area contributed by atoms with Crippen LogP contribution >= 0.6 is 11.3 Å². The van der Waals surface area contributed by atoms with E-state index in [-0.39, 0.29) is 23.6 Å². The maximum absolute atomic E-state index is 12.4. The molecule has 0 unspecified atom stereocenters. The van der Waals surface area contributed by atoms with E-state index in [4.69, 9.17) is 14.2 Å². The van der Waals surface area contributed by atoms with Crippen molar-refractivity contribution in [2.24, 2.45) is 0 Å². The Labute approximate surface area is 160 Å². The Morgan fingerprint density at radius 2 is 1.85 bits per heavy atom. The number of methoxy groups -OCH3 is 2. The van der Waals surface area contributed by atoms with Gasteiger partial charge in [0, 0.05) is 0 Å². The zero-order valence-electron chi connectivity index (χ0n) is 15.4. The van der Waals surface area contributed by atoms with Crippen molar-refractivity contribution in [3.05, 3.63) is 40.3 Å². The van der Waals surface area contributed by atoms with Crippen LogP contribution in [0.2, 0.25) is 0 Å². The van der Waals surface area contributed by atoms with E-state index in [1.807, 2.05) is 0 Å². The van der Waals surface area contributed by atoms with Crippen LogP contribution in [-0.2, 0) is 9.47 Å². The van der Waals surface area contributed by atoms with E-state index in [9.17, 15) is 14.4 Å². The molecule has 1 heterocycles. The Morgan fingerprint density at radius 1 is 1.11 bits per heavy atom. The Kier molecular flexibility index (Phi) is 6.78. The van der Waals surface area contributed by atoms with Crippen LogP contribution < -0.4 is 15.4 Å². The van der Waals surface area contributed by atoms with Crippen LogP contribution in [0, 0.1) is 6.92 Å². The topological polar surface area (TPSA) is 103 Å². The summed E-state index contributed by atoms with van der Waals surface area (Å²) in [5.41, 5.74) is 1.48. The number of hydrogen-bond acceptors (Lipinski definition) is 7. The van der Waals surface area contributed by atoms with Gasteiger partial charge in [0.05, 0.1) is 32.1 Å². The maximum Gasteiger partial charge on any atom is 0.341 e. The van der Waals surface area contributed by atoms with Crippen molar-refractivity contribution in [2.45, 2.75) is 13.8 Å². The number of benzene rings is 1. The first-order valence-corrected chi connectivity index (χ1v) is 8.89. The molecule has 0 atom stereocenters. The number of amides is 2. The van der Waals surface area contributed by atoms with Crippen LogP contribution in [-0.4, -0.2) is 38.8 Å². The zero-order chi connectivity index (χ0) is 20.0. The van der Waals surface area contributed by atoms with Gasteiger partial charge in [0.2, 0.25) is 0 Å². The van der Waals surface area contributed by atoms with Gasteiger partial charge in [-0.25, -0.2) is 14.4 Å². The molecule has 2 N–H and O–H groups in total. The predicted molar refractivity (Wildman–Crippen MR) is 102 cm³/mol. The summed E-state index contributed by atoms with van der Waals surface area (Å²) in [6.45, 7) is 3.70. The van der Waals surface area contributed by atoms with Crippen LogP contribution in [0.4, 0.5) is 15.5 Å².